The zero-order valence-electron chi connectivity index (χ0n) is 11.5. The second kappa shape index (κ2) is 6.93. The van der Waals surface area contributed by atoms with Gasteiger partial charge in [0.15, 0.2) is 5.78 Å². The maximum absolute atomic E-state index is 11.5. The summed E-state index contributed by atoms with van der Waals surface area (Å²) < 4.78 is 5.90. The van der Waals surface area contributed by atoms with E-state index in [1.807, 2.05) is 0 Å². The van der Waals surface area contributed by atoms with Gasteiger partial charge in [-0.05, 0) is 34.3 Å². The minimum Gasteiger partial charge on any atom is -0.468 e. The third-order valence-electron chi connectivity index (χ3n) is 2.56. The fraction of sp³-hybridized carbons (Fsp3) is 0.333. The molecule has 2 rings (SSSR count). The van der Waals surface area contributed by atoms with E-state index in [1.54, 1.807) is 25.3 Å². The Labute approximate surface area is 124 Å². The van der Waals surface area contributed by atoms with Gasteiger partial charge in [0.05, 0.1) is 7.11 Å². The van der Waals surface area contributed by atoms with Crippen LogP contribution in [0.1, 0.15) is 23.8 Å². The summed E-state index contributed by atoms with van der Waals surface area (Å²) in [6.45, 7) is 1.72. The Morgan fingerprint density at radius 1 is 1.38 bits per heavy atom. The highest BCUT2D eigenvalue weighted by molar-refractivity contribution is 7.99. The molecule has 0 aliphatic carbocycles. The van der Waals surface area contributed by atoms with Crippen LogP contribution in [0.25, 0.3) is 0 Å². The van der Waals surface area contributed by atoms with Gasteiger partial charge < -0.3 is 4.74 Å². The molecule has 9 heteroatoms. The molecule has 0 unspecified atom stereocenters. The molecule has 0 saturated carbocycles. The second-order valence-electron chi connectivity index (χ2n) is 3.95. The van der Waals surface area contributed by atoms with E-state index in [2.05, 4.69) is 25.2 Å². The monoisotopic (exact) mass is 307 g/mol. The molecular formula is C12H13N5O3S. The molecule has 0 aliphatic heterocycles. The predicted octanol–water partition coefficient (Wildman–Crippen LogP) is 0.985. The number of carbonyl (C=O) groups excluding carboxylic acids is 2. The fourth-order valence-electron chi connectivity index (χ4n) is 1.45. The van der Waals surface area contributed by atoms with Crippen molar-refractivity contribution in [1.82, 2.24) is 25.2 Å². The summed E-state index contributed by atoms with van der Waals surface area (Å²) in [6.07, 6.45) is 1.99. The van der Waals surface area contributed by atoms with Crippen LogP contribution in [0.2, 0.25) is 0 Å². The van der Waals surface area contributed by atoms with E-state index in [0.29, 0.717) is 17.3 Å². The van der Waals surface area contributed by atoms with Crippen molar-refractivity contribution in [2.75, 3.05) is 7.11 Å². The number of nitrogens with zero attached hydrogens (tertiary/aromatic N) is 5. The van der Waals surface area contributed by atoms with Crippen molar-refractivity contribution in [2.24, 2.45) is 0 Å². The molecule has 0 atom stereocenters. The van der Waals surface area contributed by atoms with Crippen LogP contribution < -0.4 is 0 Å². The van der Waals surface area contributed by atoms with Crippen molar-refractivity contribution in [3.05, 3.63) is 24.0 Å². The molecule has 21 heavy (non-hydrogen) atoms. The summed E-state index contributed by atoms with van der Waals surface area (Å²) in [5.74, 6) is -0.451. The number of pyridine rings is 1. The van der Waals surface area contributed by atoms with E-state index in [4.69, 9.17) is 0 Å². The van der Waals surface area contributed by atoms with Gasteiger partial charge >= 0.3 is 5.97 Å². The first kappa shape index (κ1) is 15.1. The van der Waals surface area contributed by atoms with Crippen molar-refractivity contribution >= 4 is 23.5 Å². The zero-order valence-corrected chi connectivity index (χ0v) is 12.3. The van der Waals surface area contributed by atoms with Gasteiger partial charge in [-0.1, -0.05) is 6.92 Å². The Hall–Kier alpha value is -2.29. The lowest BCUT2D eigenvalue weighted by molar-refractivity contribution is -0.141. The van der Waals surface area contributed by atoms with Gasteiger partial charge in [-0.2, -0.15) is 0 Å². The molecule has 0 fully saturated rings. The number of Topliss-reactive ketones (excluding diaryl/α,β-unsaturated/α-hetero) is 1. The Morgan fingerprint density at radius 2 is 2.19 bits per heavy atom. The Morgan fingerprint density at radius 3 is 2.81 bits per heavy atom. The highest BCUT2D eigenvalue weighted by Crippen LogP contribution is 2.24. The number of tetrazole rings is 1. The van der Waals surface area contributed by atoms with Gasteiger partial charge in [0.2, 0.25) is 5.16 Å². The average molecular weight is 307 g/mol. The number of hydrogen-bond acceptors (Lipinski definition) is 8. The van der Waals surface area contributed by atoms with Crippen LogP contribution in [0, 0.1) is 0 Å². The van der Waals surface area contributed by atoms with Crippen molar-refractivity contribution in [2.45, 2.75) is 29.9 Å². The molecule has 8 nitrogen and oxygen atoms in total. The first-order chi connectivity index (χ1) is 10.1. The number of ether oxygens (including phenoxy) is 1. The van der Waals surface area contributed by atoms with E-state index in [9.17, 15) is 9.59 Å². The van der Waals surface area contributed by atoms with E-state index >= 15 is 0 Å². The van der Waals surface area contributed by atoms with Crippen molar-refractivity contribution in [3.8, 4) is 0 Å². The van der Waals surface area contributed by atoms with E-state index in [1.165, 1.54) is 23.6 Å². The third-order valence-corrected chi connectivity index (χ3v) is 3.51. The van der Waals surface area contributed by atoms with Crippen molar-refractivity contribution in [1.29, 1.82) is 0 Å². The number of carbonyl (C=O) groups is 2. The number of rotatable bonds is 6. The van der Waals surface area contributed by atoms with Crippen molar-refractivity contribution in [3.63, 3.8) is 0 Å². The number of esters is 1. The predicted molar refractivity (Wildman–Crippen MR) is 72.8 cm³/mol. The lowest BCUT2D eigenvalue weighted by Gasteiger charge is -2.03. The summed E-state index contributed by atoms with van der Waals surface area (Å²) in [7, 11) is 1.30. The Bertz CT molecular complexity index is 641. The van der Waals surface area contributed by atoms with Gasteiger partial charge in [-0.15, -0.1) is 5.10 Å². The lowest BCUT2D eigenvalue weighted by atomic mass is 10.2. The van der Waals surface area contributed by atoms with Gasteiger partial charge in [0, 0.05) is 17.5 Å². The van der Waals surface area contributed by atoms with Gasteiger partial charge in [0.25, 0.3) is 0 Å². The molecular weight excluding hydrogens is 294 g/mol. The highest BCUT2D eigenvalue weighted by atomic mass is 32.2. The molecule has 2 heterocycles. The van der Waals surface area contributed by atoms with Gasteiger partial charge in [0.1, 0.15) is 12.2 Å². The lowest BCUT2D eigenvalue weighted by Crippen LogP contribution is -2.13. The summed E-state index contributed by atoms with van der Waals surface area (Å²) in [6, 6.07) is 3.42. The largest absolute Gasteiger partial charge is 0.468 e. The minimum atomic E-state index is -0.439. The van der Waals surface area contributed by atoms with E-state index in [-0.39, 0.29) is 12.3 Å². The maximum atomic E-state index is 11.5. The molecule has 0 aliphatic rings. The van der Waals surface area contributed by atoms with E-state index < -0.39 is 5.97 Å². The van der Waals surface area contributed by atoms with Crippen LogP contribution >= 0.6 is 11.8 Å². The summed E-state index contributed by atoms with van der Waals surface area (Å²) in [4.78, 5) is 27.6. The van der Waals surface area contributed by atoms with Gasteiger partial charge in [-0.3, -0.25) is 14.6 Å². The molecule has 2 aromatic rings. The van der Waals surface area contributed by atoms with Crippen LogP contribution in [0.3, 0.4) is 0 Å². The van der Waals surface area contributed by atoms with Crippen LogP contribution in [0.15, 0.2) is 28.4 Å². The molecule has 0 amide bonds. The molecule has 0 saturated heterocycles. The SMILES string of the molecule is CCC(=O)c1ccc(Sc2nnnn2CC(=O)OC)cn1. The first-order valence-electron chi connectivity index (χ1n) is 6.14. The molecule has 0 N–H and O–H groups in total. The first-order valence-corrected chi connectivity index (χ1v) is 6.95. The highest BCUT2D eigenvalue weighted by Gasteiger charge is 2.12. The molecule has 110 valence electrons. The topological polar surface area (TPSA) is 99.9 Å². The molecule has 0 spiro atoms. The molecule has 0 aromatic carbocycles. The smallest absolute Gasteiger partial charge is 0.327 e. The summed E-state index contributed by atoms with van der Waals surface area (Å²) in [5.41, 5.74) is 0.427. The van der Waals surface area contributed by atoms with Crippen LogP contribution in [0.4, 0.5) is 0 Å². The third kappa shape index (κ3) is 3.85. The van der Waals surface area contributed by atoms with E-state index in [0.717, 1.165) is 4.90 Å². The molecule has 0 bridgehead atoms. The quantitative estimate of drug-likeness (QED) is 0.575. The maximum Gasteiger partial charge on any atom is 0.327 e. The van der Waals surface area contributed by atoms with Gasteiger partial charge in [-0.25, -0.2) is 4.68 Å². The van der Waals surface area contributed by atoms with Crippen molar-refractivity contribution < 1.29 is 14.3 Å². The number of aromatic nitrogens is 5. The minimum absolute atomic E-state index is 0.0120. The summed E-state index contributed by atoms with van der Waals surface area (Å²) >= 11 is 1.25. The second-order valence-corrected chi connectivity index (χ2v) is 4.99. The summed E-state index contributed by atoms with van der Waals surface area (Å²) in [5, 5.41) is 11.5. The molecule has 2 aromatic heterocycles. The number of hydrogen-bond donors (Lipinski definition) is 0. The number of ketones is 1. The Balaban J connectivity index is 2.10. The zero-order chi connectivity index (χ0) is 15.2. The number of methoxy groups -OCH3 is 1. The van der Waals surface area contributed by atoms with Crippen LogP contribution in [-0.2, 0) is 16.1 Å². The average Bonchev–Trinajstić information content (AvgIpc) is 2.94. The standard InChI is InChI=1S/C12H13N5O3S/c1-3-10(18)9-5-4-8(6-13-9)21-12-14-15-16-17(12)7-11(19)20-2/h4-6H,3,7H2,1-2H3. The van der Waals surface area contributed by atoms with Crippen LogP contribution in [0.5, 0.6) is 0 Å². The molecule has 0 radical (unpaired) electrons. The normalized spacial score (nSPS) is 10.4. The van der Waals surface area contributed by atoms with Crippen LogP contribution in [-0.4, -0.2) is 44.1 Å². The fourth-order valence-corrected chi connectivity index (χ4v) is 2.18. The Kier molecular flexibility index (Phi) is 4.99.